The van der Waals surface area contributed by atoms with E-state index in [9.17, 15) is 0 Å². The fourth-order valence-electron chi connectivity index (χ4n) is 2.37. The fraction of sp³-hybridized carbons (Fsp3) is 1.00. The zero-order valence-corrected chi connectivity index (χ0v) is 10.1. The molecule has 1 fully saturated rings. The van der Waals surface area contributed by atoms with E-state index in [2.05, 4.69) is 31.0 Å². The molecule has 0 amide bonds. The summed E-state index contributed by atoms with van der Waals surface area (Å²) in [7, 11) is 0. The van der Waals surface area contributed by atoms with E-state index >= 15 is 0 Å². The van der Waals surface area contributed by atoms with Crippen molar-refractivity contribution in [1.29, 1.82) is 0 Å². The third kappa shape index (κ3) is 3.97. The van der Waals surface area contributed by atoms with Crippen LogP contribution in [0.25, 0.3) is 0 Å². The first kappa shape index (κ1) is 12.0. The van der Waals surface area contributed by atoms with Crippen LogP contribution in [0, 0.1) is 0 Å². The summed E-state index contributed by atoms with van der Waals surface area (Å²) in [6.07, 6.45) is 5.55. The Bertz CT molecular complexity index is 145. The molecule has 0 radical (unpaired) electrons. The smallest absolute Gasteiger partial charge is 0.00960 e. The van der Waals surface area contributed by atoms with Crippen molar-refractivity contribution < 1.29 is 0 Å². The average Bonchev–Trinajstić information content (AvgIpc) is 2.59. The van der Waals surface area contributed by atoms with Gasteiger partial charge in [-0.15, -0.1) is 0 Å². The van der Waals surface area contributed by atoms with E-state index in [-0.39, 0.29) is 0 Å². The lowest BCUT2D eigenvalue weighted by molar-refractivity contribution is 0.251. The number of nitrogens with one attached hydrogen (secondary N) is 1. The summed E-state index contributed by atoms with van der Waals surface area (Å²) in [4.78, 5) is 2.63. The van der Waals surface area contributed by atoms with Gasteiger partial charge >= 0.3 is 0 Å². The van der Waals surface area contributed by atoms with Crippen LogP contribution in [0.2, 0.25) is 0 Å². The molecule has 1 N–H and O–H groups in total. The molecule has 1 saturated heterocycles. The summed E-state index contributed by atoms with van der Waals surface area (Å²) in [6.45, 7) is 10.5. The number of nitrogens with zero attached hydrogens (tertiary/aromatic N) is 1. The zero-order valence-electron chi connectivity index (χ0n) is 10.1. The standard InChI is InChI=1S/C12H26N2/c1-4-14-10-6-8-12(14)7-5-9-13-11(2)3/h11-13H,4-10H2,1-3H3. The fourth-order valence-corrected chi connectivity index (χ4v) is 2.37. The van der Waals surface area contributed by atoms with Gasteiger partial charge in [0, 0.05) is 12.1 Å². The van der Waals surface area contributed by atoms with E-state index < -0.39 is 0 Å². The maximum atomic E-state index is 3.48. The number of hydrogen-bond acceptors (Lipinski definition) is 2. The van der Waals surface area contributed by atoms with Crippen molar-refractivity contribution in [2.45, 2.75) is 58.5 Å². The molecule has 1 unspecified atom stereocenters. The highest BCUT2D eigenvalue weighted by Crippen LogP contribution is 2.20. The molecule has 2 nitrogen and oxygen atoms in total. The molecule has 84 valence electrons. The molecule has 0 aromatic heterocycles. The van der Waals surface area contributed by atoms with E-state index in [1.807, 2.05) is 0 Å². The third-order valence-corrected chi connectivity index (χ3v) is 3.17. The minimum Gasteiger partial charge on any atom is -0.315 e. The Labute approximate surface area is 89.1 Å². The molecule has 1 aliphatic rings. The van der Waals surface area contributed by atoms with E-state index in [4.69, 9.17) is 0 Å². The van der Waals surface area contributed by atoms with Crippen LogP contribution < -0.4 is 5.32 Å². The van der Waals surface area contributed by atoms with Crippen molar-refractivity contribution in [2.75, 3.05) is 19.6 Å². The van der Waals surface area contributed by atoms with Gasteiger partial charge in [-0.2, -0.15) is 0 Å². The summed E-state index contributed by atoms with van der Waals surface area (Å²) in [5.74, 6) is 0. The van der Waals surface area contributed by atoms with Gasteiger partial charge in [0.15, 0.2) is 0 Å². The Hall–Kier alpha value is -0.0800. The first-order valence-corrected chi connectivity index (χ1v) is 6.21. The highest BCUT2D eigenvalue weighted by atomic mass is 15.2. The normalized spacial score (nSPS) is 23.6. The van der Waals surface area contributed by atoms with Crippen molar-refractivity contribution in [2.24, 2.45) is 0 Å². The first-order valence-electron chi connectivity index (χ1n) is 6.21. The highest BCUT2D eigenvalue weighted by molar-refractivity contribution is 4.78. The Morgan fingerprint density at radius 3 is 2.86 bits per heavy atom. The van der Waals surface area contributed by atoms with E-state index in [0.29, 0.717) is 6.04 Å². The highest BCUT2D eigenvalue weighted by Gasteiger charge is 2.21. The average molecular weight is 198 g/mol. The molecule has 1 rings (SSSR count). The predicted molar refractivity (Wildman–Crippen MR) is 62.6 cm³/mol. The van der Waals surface area contributed by atoms with Crippen LogP contribution in [0.4, 0.5) is 0 Å². The van der Waals surface area contributed by atoms with Crippen molar-refractivity contribution in [3.63, 3.8) is 0 Å². The van der Waals surface area contributed by atoms with Crippen LogP contribution in [-0.4, -0.2) is 36.6 Å². The summed E-state index contributed by atoms with van der Waals surface area (Å²) in [6, 6.07) is 1.52. The summed E-state index contributed by atoms with van der Waals surface area (Å²) in [5, 5.41) is 3.48. The third-order valence-electron chi connectivity index (χ3n) is 3.17. The maximum absolute atomic E-state index is 3.48. The first-order chi connectivity index (χ1) is 6.74. The number of hydrogen-bond donors (Lipinski definition) is 1. The van der Waals surface area contributed by atoms with Gasteiger partial charge in [0.2, 0.25) is 0 Å². The molecular formula is C12H26N2. The number of likely N-dealkylation sites (tertiary alicyclic amines) is 1. The molecular weight excluding hydrogens is 172 g/mol. The second-order valence-electron chi connectivity index (χ2n) is 4.68. The van der Waals surface area contributed by atoms with Gasteiger partial charge in [0.1, 0.15) is 0 Å². The van der Waals surface area contributed by atoms with Crippen LogP contribution in [0.15, 0.2) is 0 Å². The van der Waals surface area contributed by atoms with Crippen LogP contribution >= 0.6 is 0 Å². The molecule has 14 heavy (non-hydrogen) atoms. The molecule has 0 bridgehead atoms. The Kier molecular flexibility index (Phi) is 5.49. The molecule has 2 heteroatoms. The van der Waals surface area contributed by atoms with Crippen molar-refractivity contribution in [1.82, 2.24) is 10.2 Å². The predicted octanol–water partition coefficient (Wildman–Crippen LogP) is 2.25. The van der Waals surface area contributed by atoms with Crippen LogP contribution in [0.1, 0.15) is 46.5 Å². The molecule has 0 spiro atoms. The van der Waals surface area contributed by atoms with Crippen molar-refractivity contribution >= 4 is 0 Å². The van der Waals surface area contributed by atoms with E-state index in [1.54, 1.807) is 0 Å². The molecule has 0 aromatic carbocycles. The second-order valence-corrected chi connectivity index (χ2v) is 4.68. The van der Waals surface area contributed by atoms with Crippen LogP contribution in [0.5, 0.6) is 0 Å². The Balaban J connectivity index is 2.05. The van der Waals surface area contributed by atoms with Crippen molar-refractivity contribution in [3.05, 3.63) is 0 Å². The van der Waals surface area contributed by atoms with Crippen LogP contribution in [-0.2, 0) is 0 Å². The SMILES string of the molecule is CCN1CCCC1CCCNC(C)C. The van der Waals surface area contributed by atoms with Gasteiger partial charge in [0.25, 0.3) is 0 Å². The van der Waals surface area contributed by atoms with Gasteiger partial charge in [-0.25, -0.2) is 0 Å². The summed E-state index contributed by atoms with van der Waals surface area (Å²) in [5.41, 5.74) is 0. The van der Waals surface area contributed by atoms with Gasteiger partial charge < -0.3 is 10.2 Å². The van der Waals surface area contributed by atoms with Gasteiger partial charge in [-0.1, -0.05) is 20.8 Å². The van der Waals surface area contributed by atoms with E-state index in [1.165, 1.54) is 45.3 Å². The zero-order chi connectivity index (χ0) is 10.4. The molecule has 0 saturated carbocycles. The largest absolute Gasteiger partial charge is 0.315 e. The lowest BCUT2D eigenvalue weighted by Crippen LogP contribution is -2.30. The Morgan fingerprint density at radius 1 is 1.43 bits per heavy atom. The quantitative estimate of drug-likeness (QED) is 0.659. The molecule has 1 aliphatic heterocycles. The minimum absolute atomic E-state index is 0.640. The monoisotopic (exact) mass is 198 g/mol. The van der Waals surface area contributed by atoms with E-state index in [0.717, 1.165) is 6.04 Å². The minimum atomic E-state index is 0.640. The molecule has 0 aliphatic carbocycles. The van der Waals surface area contributed by atoms with Crippen LogP contribution in [0.3, 0.4) is 0 Å². The maximum Gasteiger partial charge on any atom is 0.00960 e. The summed E-state index contributed by atoms with van der Waals surface area (Å²) < 4.78 is 0. The van der Waals surface area contributed by atoms with Gasteiger partial charge in [-0.05, 0) is 45.3 Å². The molecule has 1 heterocycles. The van der Waals surface area contributed by atoms with Crippen molar-refractivity contribution in [3.8, 4) is 0 Å². The molecule has 0 aromatic rings. The van der Waals surface area contributed by atoms with Gasteiger partial charge in [0.05, 0.1) is 0 Å². The lowest BCUT2D eigenvalue weighted by atomic mass is 10.1. The topological polar surface area (TPSA) is 15.3 Å². The second kappa shape index (κ2) is 6.41. The lowest BCUT2D eigenvalue weighted by Gasteiger charge is -2.22. The Morgan fingerprint density at radius 2 is 2.21 bits per heavy atom. The summed E-state index contributed by atoms with van der Waals surface area (Å²) >= 11 is 0. The van der Waals surface area contributed by atoms with Gasteiger partial charge in [-0.3, -0.25) is 0 Å². The molecule has 1 atom stereocenters. The number of rotatable bonds is 6.